The molecule has 0 unspecified atom stereocenters. The Morgan fingerprint density at radius 1 is 1.33 bits per heavy atom. The summed E-state index contributed by atoms with van der Waals surface area (Å²) in [7, 11) is 2.02. The molecule has 0 bridgehead atoms. The molecule has 0 saturated carbocycles. The SMILES string of the molecule is CNC1(C)CCN(CC(=O)NCCC(C)C)CC1. The van der Waals surface area contributed by atoms with Crippen molar-refractivity contribution in [2.75, 3.05) is 33.2 Å². The van der Waals surface area contributed by atoms with Gasteiger partial charge in [0.25, 0.3) is 0 Å². The lowest BCUT2D eigenvalue weighted by atomic mass is 9.90. The number of nitrogens with one attached hydrogen (secondary N) is 2. The number of hydrogen-bond acceptors (Lipinski definition) is 3. The van der Waals surface area contributed by atoms with Crippen molar-refractivity contribution < 1.29 is 4.79 Å². The molecular formula is C14H29N3O. The quantitative estimate of drug-likeness (QED) is 0.750. The minimum absolute atomic E-state index is 0.170. The average molecular weight is 255 g/mol. The van der Waals surface area contributed by atoms with Crippen LogP contribution in [0.1, 0.15) is 40.0 Å². The van der Waals surface area contributed by atoms with Gasteiger partial charge in [0.1, 0.15) is 0 Å². The summed E-state index contributed by atoms with van der Waals surface area (Å²) in [6.07, 6.45) is 3.29. The highest BCUT2D eigenvalue weighted by Crippen LogP contribution is 2.20. The van der Waals surface area contributed by atoms with E-state index in [4.69, 9.17) is 0 Å². The first kappa shape index (κ1) is 15.4. The van der Waals surface area contributed by atoms with E-state index < -0.39 is 0 Å². The molecule has 0 aromatic carbocycles. The van der Waals surface area contributed by atoms with Gasteiger partial charge in [-0.1, -0.05) is 13.8 Å². The Bertz CT molecular complexity index is 258. The second-order valence-corrected chi connectivity index (χ2v) is 6.12. The van der Waals surface area contributed by atoms with Crippen LogP contribution in [-0.2, 0) is 4.79 Å². The van der Waals surface area contributed by atoms with Crippen molar-refractivity contribution in [1.82, 2.24) is 15.5 Å². The van der Waals surface area contributed by atoms with E-state index in [2.05, 4.69) is 36.3 Å². The third-order valence-electron chi connectivity index (χ3n) is 3.97. The van der Waals surface area contributed by atoms with E-state index in [-0.39, 0.29) is 11.4 Å². The summed E-state index contributed by atoms with van der Waals surface area (Å²) in [4.78, 5) is 14.0. The first-order chi connectivity index (χ1) is 8.45. The average Bonchev–Trinajstić information content (AvgIpc) is 2.32. The molecule has 1 aliphatic heterocycles. The van der Waals surface area contributed by atoms with Gasteiger partial charge in [-0.2, -0.15) is 0 Å². The number of carbonyl (C=O) groups is 1. The van der Waals surface area contributed by atoms with Crippen LogP contribution in [0.4, 0.5) is 0 Å². The zero-order chi connectivity index (χ0) is 13.6. The number of hydrogen-bond donors (Lipinski definition) is 2. The topological polar surface area (TPSA) is 44.4 Å². The number of nitrogens with zero attached hydrogens (tertiary/aromatic N) is 1. The summed E-state index contributed by atoms with van der Waals surface area (Å²) in [5.41, 5.74) is 0.255. The minimum Gasteiger partial charge on any atom is -0.355 e. The minimum atomic E-state index is 0.170. The van der Waals surface area contributed by atoms with Gasteiger partial charge in [-0.25, -0.2) is 0 Å². The fourth-order valence-electron chi connectivity index (χ4n) is 2.21. The van der Waals surface area contributed by atoms with Crippen molar-refractivity contribution in [3.8, 4) is 0 Å². The maximum Gasteiger partial charge on any atom is 0.234 e. The second-order valence-electron chi connectivity index (χ2n) is 6.12. The second kappa shape index (κ2) is 7.10. The van der Waals surface area contributed by atoms with Crippen molar-refractivity contribution in [3.63, 3.8) is 0 Å². The van der Waals surface area contributed by atoms with Gasteiger partial charge in [0.2, 0.25) is 5.91 Å². The number of rotatable bonds is 6. The lowest BCUT2D eigenvalue weighted by Gasteiger charge is -2.39. The van der Waals surface area contributed by atoms with Gasteiger partial charge in [-0.05, 0) is 39.2 Å². The van der Waals surface area contributed by atoms with E-state index in [1.54, 1.807) is 0 Å². The van der Waals surface area contributed by atoms with Gasteiger partial charge in [-0.15, -0.1) is 0 Å². The molecule has 18 heavy (non-hydrogen) atoms. The summed E-state index contributed by atoms with van der Waals surface area (Å²) in [6, 6.07) is 0. The smallest absolute Gasteiger partial charge is 0.234 e. The molecule has 0 aromatic heterocycles. The van der Waals surface area contributed by atoms with Crippen LogP contribution in [0.15, 0.2) is 0 Å². The third-order valence-corrected chi connectivity index (χ3v) is 3.97. The Morgan fingerprint density at radius 3 is 2.44 bits per heavy atom. The molecule has 1 saturated heterocycles. The van der Waals surface area contributed by atoms with Crippen LogP contribution in [0.2, 0.25) is 0 Å². The Kier molecular flexibility index (Phi) is 6.09. The van der Waals surface area contributed by atoms with Gasteiger partial charge >= 0.3 is 0 Å². The summed E-state index contributed by atoms with van der Waals surface area (Å²) in [6.45, 7) is 9.98. The maximum absolute atomic E-state index is 11.8. The zero-order valence-corrected chi connectivity index (χ0v) is 12.4. The van der Waals surface area contributed by atoms with Crippen LogP contribution in [0.5, 0.6) is 0 Å². The Labute approximate surface area is 111 Å². The van der Waals surface area contributed by atoms with Crippen LogP contribution >= 0.6 is 0 Å². The maximum atomic E-state index is 11.8. The van der Waals surface area contributed by atoms with Crippen molar-refractivity contribution >= 4 is 5.91 Å². The monoisotopic (exact) mass is 255 g/mol. The Hall–Kier alpha value is -0.610. The summed E-state index contributed by atoms with van der Waals surface area (Å²) >= 11 is 0. The van der Waals surface area contributed by atoms with E-state index >= 15 is 0 Å². The zero-order valence-electron chi connectivity index (χ0n) is 12.4. The van der Waals surface area contributed by atoms with E-state index in [0.29, 0.717) is 12.5 Å². The Morgan fingerprint density at radius 2 is 1.94 bits per heavy atom. The van der Waals surface area contributed by atoms with Crippen molar-refractivity contribution in [2.24, 2.45) is 5.92 Å². The molecule has 1 heterocycles. The molecule has 1 amide bonds. The lowest BCUT2D eigenvalue weighted by molar-refractivity contribution is -0.122. The summed E-state index contributed by atoms with van der Waals surface area (Å²) in [5.74, 6) is 0.820. The largest absolute Gasteiger partial charge is 0.355 e. The van der Waals surface area contributed by atoms with Gasteiger partial charge in [0.15, 0.2) is 0 Å². The van der Waals surface area contributed by atoms with Crippen molar-refractivity contribution in [3.05, 3.63) is 0 Å². The number of carbonyl (C=O) groups excluding carboxylic acids is 1. The number of likely N-dealkylation sites (tertiary alicyclic amines) is 1. The number of amides is 1. The molecule has 0 aliphatic carbocycles. The Balaban J connectivity index is 2.18. The molecule has 4 heteroatoms. The molecule has 1 aliphatic rings. The molecular weight excluding hydrogens is 226 g/mol. The molecule has 106 valence electrons. The van der Waals surface area contributed by atoms with Crippen molar-refractivity contribution in [1.29, 1.82) is 0 Å². The summed E-state index contributed by atoms with van der Waals surface area (Å²) < 4.78 is 0. The van der Waals surface area contributed by atoms with Gasteiger partial charge < -0.3 is 10.6 Å². The normalized spacial score (nSPS) is 20.1. The van der Waals surface area contributed by atoms with E-state index in [1.165, 1.54) is 0 Å². The van der Waals surface area contributed by atoms with Gasteiger partial charge in [0.05, 0.1) is 6.54 Å². The van der Waals surface area contributed by atoms with Gasteiger partial charge in [-0.3, -0.25) is 9.69 Å². The molecule has 4 nitrogen and oxygen atoms in total. The highest BCUT2D eigenvalue weighted by molar-refractivity contribution is 5.77. The fraction of sp³-hybridized carbons (Fsp3) is 0.929. The summed E-state index contributed by atoms with van der Waals surface area (Å²) in [5, 5.41) is 6.37. The predicted octanol–water partition coefficient (Wildman–Crippen LogP) is 1.22. The number of piperidine rings is 1. The molecule has 0 radical (unpaired) electrons. The van der Waals surface area contributed by atoms with Crippen LogP contribution < -0.4 is 10.6 Å². The van der Waals surface area contributed by atoms with E-state index in [1.807, 2.05) is 7.05 Å². The van der Waals surface area contributed by atoms with Crippen molar-refractivity contribution in [2.45, 2.75) is 45.6 Å². The first-order valence-corrected chi connectivity index (χ1v) is 7.13. The molecule has 2 N–H and O–H groups in total. The highest BCUT2D eigenvalue weighted by atomic mass is 16.2. The fourth-order valence-corrected chi connectivity index (χ4v) is 2.21. The highest BCUT2D eigenvalue weighted by Gasteiger charge is 2.28. The third kappa shape index (κ3) is 5.36. The van der Waals surface area contributed by atoms with E-state index in [0.717, 1.165) is 38.9 Å². The molecule has 1 rings (SSSR count). The molecule has 0 atom stereocenters. The van der Waals surface area contributed by atoms with Crippen LogP contribution in [0, 0.1) is 5.92 Å². The lowest BCUT2D eigenvalue weighted by Crippen LogP contribution is -2.51. The van der Waals surface area contributed by atoms with Crippen LogP contribution in [0.3, 0.4) is 0 Å². The van der Waals surface area contributed by atoms with Crippen LogP contribution in [0.25, 0.3) is 0 Å². The van der Waals surface area contributed by atoms with E-state index in [9.17, 15) is 4.79 Å². The molecule has 1 fully saturated rings. The molecule has 0 spiro atoms. The van der Waals surface area contributed by atoms with Gasteiger partial charge in [0, 0.05) is 25.2 Å². The predicted molar refractivity (Wildman–Crippen MR) is 75.6 cm³/mol. The first-order valence-electron chi connectivity index (χ1n) is 7.13. The van der Waals surface area contributed by atoms with Crippen LogP contribution in [-0.4, -0.2) is 49.6 Å². The standard InChI is InChI=1S/C14H29N3O/c1-12(2)5-8-16-13(18)11-17-9-6-14(3,15-4)7-10-17/h12,15H,5-11H2,1-4H3,(H,16,18). The molecule has 0 aromatic rings.